The molecule has 0 heterocycles. The summed E-state index contributed by atoms with van der Waals surface area (Å²) in [5, 5.41) is 2.56. The van der Waals surface area contributed by atoms with Crippen LogP contribution in [0.5, 0.6) is 5.75 Å². The quantitative estimate of drug-likeness (QED) is 0.339. The lowest BCUT2D eigenvalue weighted by molar-refractivity contribution is -0.123. The van der Waals surface area contributed by atoms with Crippen LogP contribution in [-0.2, 0) is 9.53 Å². The zero-order chi connectivity index (χ0) is 21.9. The fourth-order valence-corrected chi connectivity index (χ4v) is 2.49. The van der Waals surface area contributed by atoms with E-state index in [1.807, 2.05) is 6.92 Å². The zero-order valence-corrected chi connectivity index (χ0v) is 17.6. The van der Waals surface area contributed by atoms with E-state index in [9.17, 15) is 14.4 Å². The predicted octanol–water partition coefficient (Wildman–Crippen LogP) is 2.62. The van der Waals surface area contributed by atoms with Gasteiger partial charge in [0.2, 0.25) is 0 Å². The Morgan fingerprint density at radius 2 is 1.73 bits per heavy atom. The van der Waals surface area contributed by atoms with Crippen LogP contribution < -0.4 is 20.9 Å². The van der Waals surface area contributed by atoms with Crippen LogP contribution in [0.1, 0.15) is 34.1 Å². The van der Waals surface area contributed by atoms with Gasteiger partial charge in [-0.2, -0.15) is 0 Å². The summed E-state index contributed by atoms with van der Waals surface area (Å²) in [6.45, 7) is 1.95. The van der Waals surface area contributed by atoms with Crippen LogP contribution in [0.2, 0.25) is 5.02 Å². The highest BCUT2D eigenvalue weighted by atomic mass is 35.5. The van der Waals surface area contributed by atoms with Crippen LogP contribution >= 0.6 is 23.8 Å². The van der Waals surface area contributed by atoms with Gasteiger partial charge >= 0.3 is 5.97 Å². The van der Waals surface area contributed by atoms with E-state index in [0.717, 1.165) is 6.42 Å². The number of thiocarbonyl (C=S) groups is 1. The van der Waals surface area contributed by atoms with Gasteiger partial charge in [0.15, 0.2) is 11.7 Å². The van der Waals surface area contributed by atoms with Crippen molar-refractivity contribution >= 4 is 46.7 Å². The van der Waals surface area contributed by atoms with E-state index in [1.165, 1.54) is 0 Å². The van der Waals surface area contributed by atoms with E-state index in [0.29, 0.717) is 17.9 Å². The van der Waals surface area contributed by atoms with Crippen LogP contribution in [0, 0.1) is 0 Å². The Balaban J connectivity index is 1.73. The number of halogens is 1. The molecule has 0 atom stereocenters. The summed E-state index contributed by atoms with van der Waals surface area (Å²) in [7, 11) is 0. The number of nitrogens with one attached hydrogen (secondary N) is 3. The van der Waals surface area contributed by atoms with Crippen LogP contribution in [0.3, 0.4) is 0 Å². The summed E-state index contributed by atoms with van der Waals surface area (Å²) >= 11 is 10.9. The summed E-state index contributed by atoms with van der Waals surface area (Å²) < 4.78 is 10.4. The Morgan fingerprint density at radius 1 is 1.03 bits per heavy atom. The summed E-state index contributed by atoms with van der Waals surface area (Å²) in [5.41, 5.74) is 5.34. The van der Waals surface area contributed by atoms with Crippen molar-refractivity contribution in [2.75, 3.05) is 13.2 Å². The van der Waals surface area contributed by atoms with E-state index in [1.54, 1.807) is 48.5 Å². The van der Waals surface area contributed by atoms with Crippen molar-refractivity contribution in [1.82, 2.24) is 16.2 Å². The molecule has 0 aliphatic rings. The highest BCUT2D eigenvalue weighted by molar-refractivity contribution is 7.80. The first-order chi connectivity index (χ1) is 14.4. The molecule has 30 heavy (non-hydrogen) atoms. The third kappa shape index (κ3) is 7.34. The predicted molar refractivity (Wildman–Crippen MR) is 115 cm³/mol. The van der Waals surface area contributed by atoms with Crippen molar-refractivity contribution in [2.45, 2.75) is 13.3 Å². The SMILES string of the molecule is CCCOC(=O)c1ccc(OCC(=O)NNC(=S)NC(=O)c2ccccc2Cl)cc1. The first-order valence-corrected chi connectivity index (χ1v) is 9.74. The van der Waals surface area contributed by atoms with Crippen LogP contribution in [0.15, 0.2) is 48.5 Å². The van der Waals surface area contributed by atoms with Gasteiger partial charge in [-0.05, 0) is 55.0 Å². The van der Waals surface area contributed by atoms with E-state index in [4.69, 9.17) is 33.3 Å². The normalized spacial score (nSPS) is 9.93. The molecular weight excluding hydrogens is 430 g/mol. The van der Waals surface area contributed by atoms with Gasteiger partial charge in [0.05, 0.1) is 22.8 Å². The molecule has 0 aliphatic heterocycles. The molecule has 2 aromatic rings. The Hall–Kier alpha value is -3.17. The standard InChI is InChI=1S/C20H20ClN3O5S/c1-2-11-28-19(27)13-7-9-14(10-8-13)29-12-17(25)23-24-20(30)22-18(26)15-5-3-4-6-16(15)21/h3-10H,2,11-12H2,1H3,(H,23,25)(H2,22,24,26,30). The van der Waals surface area contributed by atoms with Gasteiger partial charge in [-0.1, -0.05) is 30.7 Å². The average molecular weight is 450 g/mol. The third-order valence-corrected chi connectivity index (χ3v) is 4.09. The fraction of sp³-hybridized carbons (Fsp3) is 0.200. The molecule has 10 heteroatoms. The molecule has 158 valence electrons. The minimum atomic E-state index is -0.532. The maximum atomic E-state index is 12.1. The van der Waals surface area contributed by atoms with Crippen molar-refractivity contribution in [3.8, 4) is 5.75 Å². The number of ether oxygens (including phenoxy) is 2. The lowest BCUT2D eigenvalue weighted by Gasteiger charge is -2.12. The van der Waals surface area contributed by atoms with Crippen LogP contribution in [-0.4, -0.2) is 36.1 Å². The van der Waals surface area contributed by atoms with Crippen molar-refractivity contribution in [1.29, 1.82) is 0 Å². The molecule has 0 radical (unpaired) electrons. The Kier molecular flexibility index (Phi) is 9.04. The highest BCUT2D eigenvalue weighted by Gasteiger charge is 2.12. The average Bonchev–Trinajstić information content (AvgIpc) is 2.75. The van der Waals surface area contributed by atoms with E-state index >= 15 is 0 Å². The largest absolute Gasteiger partial charge is 0.484 e. The molecule has 3 N–H and O–H groups in total. The van der Waals surface area contributed by atoms with Crippen molar-refractivity contribution in [3.05, 3.63) is 64.7 Å². The number of benzene rings is 2. The third-order valence-electron chi connectivity index (χ3n) is 3.56. The van der Waals surface area contributed by atoms with Crippen LogP contribution in [0.25, 0.3) is 0 Å². The molecule has 2 aromatic carbocycles. The summed E-state index contributed by atoms with van der Waals surface area (Å²) in [6.07, 6.45) is 0.739. The number of hydrogen-bond acceptors (Lipinski definition) is 6. The number of esters is 1. The molecule has 8 nitrogen and oxygen atoms in total. The second-order valence-corrected chi connectivity index (χ2v) is 6.70. The maximum absolute atomic E-state index is 12.1. The Labute approximate surface area is 183 Å². The lowest BCUT2D eigenvalue weighted by Crippen LogP contribution is -2.49. The molecule has 2 amide bonds. The lowest BCUT2D eigenvalue weighted by atomic mass is 10.2. The fourth-order valence-electron chi connectivity index (χ4n) is 2.12. The highest BCUT2D eigenvalue weighted by Crippen LogP contribution is 2.14. The van der Waals surface area contributed by atoms with Gasteiger partial charge in [-0.25, -0.2) is 4.79 Å². The molecule has 0 bridgehead atoms. The van der Waals surface area contributed by atoms with Crippen molar-refractivity contribution < 1.29 is 23.9 Å². The molecular formula is C20H20ClN3O5S. The molecule has 2 rings (SSSR count). The molecule has 0 aliphatic carbocycles. The molecule has 0 aromatic heterocycles. The number of amides is 2. The first kappa shape index (κ1) is 23.1. The topological polar surface area (TPSA) is 106 Å². The minimum Gasteiger partial charge on any atom is -0.484 e. The Bertz CT molecular complexity index is 921. The zero-order valence-electron chi connectivity index (χ0n) is 16.1. The Morgan fingerprint density at radius 3 is 2.40 bits per heavy atom. The van der Waals surface area contributed by atoms with Gasteiger partial charge in [0.1, 0.15) is 5.75 Å². The number of carbonyl (C=O) groups excluding carboxylic acids is 3. The molecule has 0 spiro atoms. The number of carbonyl (C=O) groups is 3. The van der Waals surface area contributed by atoms with Crippen LogP contribution in [0.4, 0.5) is 0 Å². The van der Waals surface area contributed by atoms with E-state index in [-0.39, 0.29) is 22.3 Å². The second kappa shape index (κ2) is 11.7. The number of hydrazine groups is 1. The second-order valence-electron chi connectivity index (χ2n) is 5.89. The van der Waals surface area contributed by atoms with Gasteiger partial charge < -0.3 is 9.47 Å². The molecule has 0 unspecified atom stereocenters. The van der Waals surface area contributed by atoms with Gasteiger partial charge in [0, 0.05) is 0 Å². The monoisotopic (exact) mass is 449 g/mol. The van der Waals surface area contributed by atoms with Gasteiger partial charge in [-0.3, -0.25) is 25.8 Å². The van der Waals surface area contributed by atoms with E-state index in [2.05, 4.69) is 16.2 Å². The van der Waals surface area contributed by atoms with Gasteiger partial charge in [-0.15, -0.1) is 0 Å². The summed E-state index contributed by atoms with van der Waals surface area (Å²) in [6, 6.07) is 12.7. The summed E-state index contributed by atoms with van der Waals surface area (Å²) in [5.74, 6) is -1.07. The first-order valence-electron chi connectivity index (χ1n) is 8.95. The van der Waals surface area contributed by atoms with Crippen molar-refractivity contribution in [3.63, 3.8) is 0 Å². The van der Waals surface area contributed by atoms with E-state index < -0.39 is 17.8 Å². The molecule has 0 saturated carbocycles. The minimum absolute atomic E-state index is 0.108. The number of rotatable bonds is 7. The van der Waals surface area contributed by atoms with Gasteiger partial charge in [0.25, 0.3) is 11.8 Å². The van der Waals surface area contributed by atoms with Crippen molar-refractivity contribution in [2.24, 2.45) is 0 Å². The number of hydrogen-bond donors (Lipinski definition) is 3. The molecule has 0 fully saturated rings. The smallest absolute Gasteiger partial charge is 0.338 e. The molecule has 0 saturated heterocycles. The summed E-state index contributed by atoms with van der Waals surface area (Å²) in [4.78, 5) is 35.7. The maximum Gasteiger partial charge on any atom is 0.338 e.